The summed E-state index contributed by atoms with van der Waals surface area (Å²) in [6.45, 7) is 0.966. The molecule has 0 aliphatic heterocycles. The Morgan fingerprint density at radius 2 is 0.919 bits per heavy atom. The van der Waals surface area contributed by atoms with Crippen molar-refractivity contribution >= 4 is 29.0 Å². The van der Waals surface area contributed by atoms with E-state index in [1.54, 1.807) is 0 Å². The number of carbonyl (C=O) groups excluding carboxylic acids is 2. The predicted molar refractivity (Wildman–Crippen MR) is 90.5 cm³/mol. The van der Waals surface area contributed by atoms with E-state index in [1.807, 2.05) is 0 Å². The van der Waals surface area contributed by atoms with Crippen molar-refractivity contribution in [3.05, 3.63) is 29.8 Å². The summed E-state index contributed by atoms with van der Waals surface area (Å²) in [5, 5.41) is -6.12. The van der Waals surface area contributed by atoms with Gasteiger partial charge in [-0.25, -0.2) is 0 Å². The molecule has 0 aliphatic rings. The fourth-order valence-corrected chi connectivity index (χ4v) is 2.42. The number of ketones is 1. The van der Waals surface area contributed by atoms with Gasteiger partial charge >= 0.3 is 52.7 Å². The molecule has 1 rings (SSSR count). The minimum Gasteiger partial charge on any atom is -0.321 e. The van der Waals surface area contributed by atoms with E-state index in [-0.39, 0.29) is 5.56 Å². The summed E-state index contributed by atoms with van der Waals surface area (Å²) in [5.74, 6) is -61.5. The fourth-order valence-electron chi connectivity index (χ4n) is 2.30. The molecule has 0 fully saturated rings. The molecule has 0 saturated carbocycles. The number of nitrogens with one attached hydrogen (secondary N) is 1. The van der Waals surface area contributed by atoms with Crippen LogP contribution >= 0.6 is 11.6 Å². The van der Waals surface area contributed by atoms with Gasteiger partial charge in [0.1, 0.15) is 0 Å². The number of benzene rings is 1. The molecule has 0 saturated heterocycles. The van der Waals surface area contributed by atoms with E-state index in [0.717, 1.165) is 24.4 Å². The average Bonchev–Trinajstić information content (AvgIpc) is 2.72. The van der Waals surface area contributed by atoms with Crippen LogP contribution in [-0.2, 0) is 4.79 Å². The molecule has 20 heteroatoms. The van der Waals surface area contributed by atoms with Gasteiger partial charge in [0.25, 0.3) is 0 Å². The molecule has 0 unspecified atom stereocenters. The number of hydrogen-bond acceptors (Lipinski definition) is 2. The number of alkyl halides is 17. The molecule has 0 heterocycles. The van der Waals surface area contributed by atoms with Crippen molar-refractivity contribution in [2.24, 2.45) is 0 Å². The maximum Gasteiger partial charge on any atom is 0.393 e. The monoisotopic (exact) mass is 597 g/mol. The quantitative estimate of drug-likeness (QED) is 0.178. The molecule has 212 valence electrons. The maximum atomic E-state index is 13.9. The van der Waals surface area contributed by atoms with Crippen LogP contribution in [-0.4, -0.2) is 58.5 Å². The van der Waals surface area contributed by atoms with Gasteiger partial charge in [0.05, 0.1) is 0 Å². The zero-order valence-corrected chi connectivity index (χ0v) is 17.8. The highest BCUT2D eigenvalue weighted by Gasteiger charge is 2.95. The molecule has 0 radical (unpaired) electrons. The largest absolute Gasteiger partial charge is 0.393 e. The van der Waals surface area contributed by atoms with Gasteiger partial charge < -0.3 is 5.32 Å². The van der Waals surface area contributed by atoms with E-state index in [1.165, 1.54) is 0 Å². The number of halogens is 17. The Kier molecular flexibility index (Phi) is 7.99. The van der Waals surface area contributed by atoms with E-state index < -0.39 is 64.2 Å². The van der Waals surface area contributed by atoms with Crippen molar-refractivity contribution < 1.29 is 79.8 Å². The Balaban J connectivity index is 3.53. The van der Waals surface area contributed by atoms with Gasteiger partial charge in [-0.15, -0.1) is 0 Å². The Morgan fingerprint density at radius 3 is 1.24 bits per heavy atom. The lowest BCUT2D eigenvalue weighted by atomic mass is 9.89. The van der Waals surface area contributed by atoms with Gasteiger partial charge in [-0.2, -0.15) is 70.2 Å². The summed E-state index contributed by atoms with van der Waals surface area (Å²) in [6, 6.07) is 2.51. The van der Waals surface area contributed by atoms with Crippen molar-refractivity contribution in [1.82, 2.24) is 0 Å². The minimum absolute atomic E-state index is 0.191. The second-order valence-electron chi connectivity index (χ2n) is 7.11. The lowest BCUT2D eigenvalue weighted by Gasteiger charge is -2.42. The molecule has 0 atom stereocenters. The molecule has 3 nitrogen and oxygen atoms in total. The van der Waals surface area contributed by atoms with Crippen LogP contribution in [0.4, 0.5) is 75.9 Å². The Morgan fingerprint density at radius 1 is 0.595 bits per heavy atom. The van der Waals surface area contributed by atoms with Crippen LogP contribution < -0.4 is 5.32 Å². The molecule has 0 aromatic heterocycles. The van der Waals surface area contributed by atoms with Gasteiger partial charge in [0, 0.05) is 11.3 Å². The van der Waals surface area contributed by atoms with Gasteiger partial charge in [-0.1, -0.05) is 0 Å². The van der Waals surface area contributed by atoms with Crippen molar-refractivity contribution in [2.75, 3.05) is 5.32 Å². The second kappa shape index (κ2) is 9.07. The van der Waals surface area contributed by atoms with Crippen LogP contribution in [0.5, 0.6) is 0 Å². The lowest BCUT2D eigenvalue weighted by molar-refractivity contribution is -0.445. The van der Waals surface area contributed by atoms with Gasteiger partial charge in [-0.05, 0) is 42.8 Å². The molecular weight excluding hydrogens is 590 g/mol. The smallest absolute Gasteiger partial charge is 0.321 e. The van der Waals surface area contributed by atoms with E-state index >= 15 is 0 Å². The van der Waals surface area contributed by atoms with Crippen molar-refractivity contribution in [2.45, 2.75) is 53.8 Å². The molecule has 1 aromatic carbocycles. The third kappa shape index (κ3) is 4.67. The molecule has 0 spiro atoms. The van der Waals surface area contributed by atoms with Crippen molar-refractivity contribution in [3.63, 3.8) is 0 Å². The highest BCUT2D eigenvalue weighted by Crippen LogP contribution is 2.64. The zero-order valence-electron chi connectivity index (χ0n) is 17.1. The molecule has 1 aromatic rings. The van der Waals surface area contributed by atoms with Crippen LogP contribution in [0.2, 0.25) is 0 Å². The summed E-state index contributed by atoms with van der Waals surface area (Å²) in [7, 11) is 0. The third-order valence-electron chi connectivity index (χ3n) is 4.56. The highest BCUT2D eigenvalue weighted by molar-refractivity contribution is 6.22. The first-order valence-corrected chi connectivity index (χ1v) is 9.07. The van der Waals surface area contributed by atoms with Crippen LogP contribution in [0.15, 0.2) is 24.3 Å². The number of Topliss-reactive ketones (excluding diaryl/α,β-unsaturated/α-hetero) is 1. The summed E-state index contributed by atoms with van der Waals surface area (Å²) < 4.78 is 215. The number of amides is 1. The van der Waals surface area contributed by atoms with Crippen LogP contribution in [0.3, 0.4) is 0 Å². The fraction of sp³-hybridized carbons (Fsp3) is 0.529. The normalized spacial score (nSPS) is 15.0. The first-order chi connectivity index (χ1) is 16.1. The predicted octanol–water partition coefficient (Wildman–Crippen LogP) is 7.11. The third-order valence-corrected chi connectivity index (χ3v) is 4.79. The summed E-state index contributed by atoms with van der Waals surface area (Å²) in [6.07, 6.45) is 0. The van der Waals surface area contributed by atoms with E-state index in [9.17, 15) is 79.8 Å². The topological polar surface area (TPSA) is 46.2 Å². The minimum atomic E-state index is -8.66. The number of hydrogen-bond donors (Lipinski definition) is 1. The molecule has 1 N–H and O–H groups in total. The van der Waals surface area contributed by atoms with E-state index in [0.29, 0.717) is 12.1 Å². The zero-order chi connectivity index (χ0) is 29.8. The number of rotatable bonds is 10. The van der Waals surface area contributed by atoms with Crippen molar-refractivity contribution in [1.29, 1.82) is 0 Å². The molecule has 1 amide bonds. The molecule has 37 heavy (non-hydrogen) atoms. The van der Waals surface area contributed by atoms with Gasteiger partial charge in [0.15, 0.2) is 5.78 Å². The number of carbonyl (C=O) groups is 2. The van der Waals surface area contributed by atoms with Crippen LogP contribution in [0.25, 0.3) is 0 Å². The SMILES string of the molecule is CC(=O)c1ccc(NC(=O)C(F)(F)C(F)(F)C(F)(F)C(F)(F)C(F)(F)C(F)(F)C(F)(F)C(F)(F)Cl)cc1. The first kappa shape index (κ1) is 32.6. The molecule has 0 bridgehead atoms. The van der Waals surface area contributed by atoms with Crippen molar-refractivity contribution in [3.8, 4) is 0 Å². The summed E-state index contributed by atoms with van der Waals surface area (Å²) in [5.41, 5.74) is -1.19. The summed E-state index contributed by atoms with van der Waals surface area (Å²) in [4.78, 5) is 22.5. The highest BCUT2D eigenvalue weighted by atomic mass is 35.5. The molecule has 0 aliphatic carbocycles. The first-order valence-electron chi connectivity index (χ1n) is 8.69. The average molecular weight is 598 g/mol. The standard InChI is InChI=1S/C17H8ClF16NO2/c1-6(36)7-2-4-8(5-3-7)35-9(37)10(19,20)11(21,22)12(23,24)13(25,26)14(27,28)15(29,30)16(31,32)17(18,33)34/h2-5H,1H3,(H,35,37). The van der Waals surface area contributed by atoms with E-state index in [2.05, 4.69) is 11.6 Å². The Hall–Kier alpha value is -2.47. The summed E-state index contributed by atoms with van der Waals surface area (Å²) >= 11 is 3.42. The Bertz CT molecular complexity index is 1030. The Labute approximate surface area is 198 Å². The van der Waals surface area contributed by atoms with Crippen LogP contribution in [0.1, 0.15) is 17.3 Å². The molecular formula is C17H8ClF16NO2. The number of anilines is 1. The second-order valence-corrected chi connectivity index (χ2v) is 7.58. The van der Waals surface area contributed by atoms with Crippen LogP contribution in [0, 0.1) is 0 Å². The lowest BCUT2D eigenvalue weighted by Crippen LogP contribution is -2.75. The maximum absolute atomic E-state index is 13.9. The van der Waals surface area contributed by atoms with E-state index in [4.69, 9.17) is 0 Å². The van der Waals surface area contributed by atoms with Gasteiger partial charge in [-0.3, -0.25) is 9.59 Å². The van der Waals surface area contributed by atoms with Gasteiger partial charge in [0.2, 0.25) is 0 Å².